The van der Waals surface area contributed by atoms with E-state index in [1.165, 1.54) is 0 Å². The lowest BCUT2D eigenvalue weighted by molar-refractivity contribution is -0.148. The number of aliphatic carboxylic acids is 1. The maximum absolute atomic E-state index is 11.0. The smallest absolute Gasteiger partial charge is 0.310 e. The minimum Gasteiger partial charge on any atom is -0.481 e. The quantitative estimate of drug-likeness (QED) is 0.694. The Morgan fingerprint density at radius 2 is 1.81 bits per heavy atom. The Hall–Kier alpha value is -1.12. The van der Waals surface area contributed by atoms with Crippen LogP contribution in [0.3, 0.4) is 0 Å². The molecule has 0 radical (unpaired) electrons. The van der Waals surface area contributed by atoms with Crippen molar-refractivity contribution in [3.63, 3.8) is 0 Å². The fourth-order valence-corrected chi connectivity index (χ4v) is 1.83. The molecule has 1 aliphatic heterocycles. The minimum atomic E-state index is -0.757. The molecule has 0 aromatic carbocycles. The highest BCUT2D eigenvalue weighted by Gasteiger charge is 2.30. The van der Waals surface area contributed by atoms with E-state index >= 15 is 0 Å². The van der Waals surface area contributed by atoms with Crippen LogP contribution in [0, 0.1) is 16.7 Å². The molecule has 0 aromatic heterocycles. The fraction of sp³-hybridized carbons (Fsp3) is 0.818. The largest absolute Gasteiger partial charge is 0.481 e. The molecule has 1 N–H and O–H groups in total. The molecule has 1 heterocycles. The molecule has 0 amide bonds. The third-order valence-corrected chi connectivity index (χ3v) is 2.96. The summed E-state index contributed by atoms with van der Waals surface area (Å²) in [5.41, 5.74) is -0.697. The van der Waals surface area contributed by atoms with E-state index in [9.17, 15) is 4.79 Å². The Labute approximate surface area is 96.3 Å². The maximum atomic E-state index is 11.0. The first-order valence-electron chi connectivity index (χ1n) is 5.51. The van der Waals surface area contributed by atoms with Gasteiger partial charge in [-0.05, 0) is 13.8 Å². The van der Waals surface area contributed by atoms with Gasteiger partial charge in [0.2, 0.25) is 0 Å². The van der Waals surface area contributed by atoms with Crippen molar-refractivity contribution in [2.45, 2.75) is 13.8 Å². The summed E-state index contributed by atoms with van der Waals surface area (Å²) in [7, 11) is 0. The van der Waals surface area contributed by atoms with E-state index in [2.05, 4.69) is 15.9 Å². The topological polar surface area (TPSA) is 67.6 Å². The lowest BCUT2D eigenvalue weighted by atomic mass is 9.93. The van der Waals surface area contributed by atoms with Crippen molar-refractivity contribution in [2.24, 2.45) is 5.41 Å². The molecule has 0 bridgehead atoms. The van der Waals surface area contributed by atoms with Gasteiger partial charge in [0.25, 0.3) is 0 Å². The average Bonchev–Trinajstić information content (AvgIpc) is 2.21. The number of carboxylic acids is 1. The van der Waals surface area contributed by atoms with E-state index in [0.717, 1.165) is 26.2 Å². The van der Waals surface area contributed by atoms with Crippen LogP contribution < -0.4 is 0 Å². The second-order valence-corrected chi connectivity index (χ2v) is 4.90. The number of carbonyl (C=O) groups is 1. The summed E-state index contributed by atoms with van der Waals surface area (Å²) in [5, 5.41) is 17.6. The van der Waals surface area contributed by atoms with Crippen LogP contribution >= 0.6 is 0 Å². The number of piperazine rings is 1. The Morgan fingerprint density at radius 1 is 1.31 bits per heavy atom. The first kappa shape index (κ1) is 12.9. The van der Waals surface area contributed by atoms with E-state index in [1.54, 1.807) is 13.8 Å². The number of nitriles is 1. The van der Waals surface area contributed by atoms with Gasteiger partial charge >= 0.3 is 5.97 Å². The summed E-state index contributed by atoms with van der Waals surface area (Å²) in [6.07, 6.45) is 0. The summed E-state index contributed by atoms with van der Waals surface area (Å²) in [4.78, 5) is 15.2. The highest BCUT2D eigenvalue weighted by atomic mass is 16.4. The third-order valence-electron chi connectivity index (χ3n) is 2.96. The highest BCUT2D eigenvalue weighted by Crippen LogP contribution is 2.18. The number of hydrogen-bond acceptors (Lipinski definition) is 4. The van der Waals surface area contributed by atoms with Gasteiger partial charge in [-0.25, -0.2) is 0 Å². The molecule has 0 saturated carbocycles. The Morgan fingerprint density at radius 3 is 2.25 bits per heavy atom. The van der Waals surface area contributed by atoms with Crippen LogP contribution in [-0.4, -0.2) is 60.1 Å². The molecule has 0 atom stereocenters. The standard InChI is InChI=1S/C11H19N3O2/c1-11(2,10(15)16)9-14-7-5-13(4-3-12)6-8-14/h4-9H2,1-2H3,(H,15,16). The lowest BCUT2D eigenvalue weighted by Gasteiger charge is -2.36. The molecule has 90 valence electrons. The van der Waals surface area contributed by atoms with E-state index in [-0.39, 0.29) is 0 Å². The molecular weight excluding hydrogens is 206 g/mol. The first-order chi connectivity index (χ1) is 7.45. The third kappa shape index (κ3) is 3.47. The number of nitrogens with zero attached hydrogens (tertiary/aromatic N) is 3. The van der Waals surface area contributed by atoms with Crippen molar-refractivity contribution in [3.05, 3.63) is 0 Å². The van der Waals surface area contributed by atoms with Gasteiger partial charge in [-0.3, -0.25) is 14.6 Å². The molecular formula is C11H19N3O2. The predicted molar refractivity (Wildman–Crippen MR) is 59.9 cm³/mol. The van der Waals surface area contributed by atoms with E-state index < -0.39 is 11.4 Å². The van der Waals surface area contributed by atoms with Crippen molar-refractivity contribution in [2.75, 3.05) is 39.3 Å². The average molecular weight is 225 g/mol. The summed E-state index contributed by atoms with van der Waals surface area (Å²) < 4.78 is 0. The lowest BCUT2D eigenvalue weighted by Crippen LogP contribution is -2.50. The zero-order chi connectivity index (χ0) is 12.2. The normalized spacial score (nSPS) is 19.3. The van der Waals surface area contributed by atoms with Gasteiger partial charge in [-0.2, -0.15) is 5.26 Å². The van der Waals surface area contributed by atoms with Crippen molar-refractivity contribution >= 4 is 5.97 Å². The molecule has 0 aliphatic carbocycles. The van der Waals surface area contributed by atoms with Crippen LogP contribution in [0.25, 0.3) is 0 Å². The van der Waals surface area contributed by atoms with Gasteiger partial charge in [0, 0.05) is 32.7 Å². The zero-order valence-corrected chi connectivity index (χ0v) is 9.94. The second kappa shape index (κ2) is 5.28. The van der Waals surface area contributed by atoms with Gasteiger partial charge in [-0.1, -0.05) is 0 Å². The maximum Gasteiger partial charge on any atom is 0.310 e. The van der Waals surface area contributed by atoms with Crippen LogP contribution in [-0.2, 0) is 4.79 Å². The van der Waals surface area contributed by atoms with Crippen molar-refractivity contribution in [3.8, 4) is 6.07 Å². The number of carboxylic acid groups (broad SMARTS) is 1. The molecule has 0 spiro atoms. The molecule has 16 heavy (non-hydrogen) atoms. The van der Waals surface area contributed by atoms with Gasteiger partial charge in [0.1, 0.15) is 0 Å². The van der Waals surface area contributed by atoms with Gasteiger partial charge < -0.3 is 5.11 Å². The van der Waals surface area contributed by atoms with Crippen LogP contribution in [0.5, 0.6) is 0 Å². The van der Waals surface area contributed by atoms with Crippen LogP contribution in [0.2, 0.25) is 0 Å². The monoisotopic (exact) mass is 225 g/mol. The molecule has 5 nitrogen and oxygen atoms in total. The van der Waals surface area contributed by atoms with Crippen molar-refractivity contribution in [1.82, 2.24) is 9.80 Å². The molecule has 0 aromatic rings. The summed E-state index contributed by atoms with van der Waals surface area (Å²) >= 11 is 0. The van der Waals surface area contributed by atoms with Crippen molar-refractivity contribution < 1.29 is 9.90 Å². The van der Waals surface area contributed by atoms with Gasteiger partial charge in [0.05, 0.1) is 18.0 Å². The molecule has 1 fully saturated rings. The zero-order valence-electron chi connectivity index (χ0n) is 9.94. The summed E-state index contributed by atoms with van der Waals surface area (Å²) in [5.74, 6) is -0.757. The van der Waals surface area contributed by atoms with Crippen LogP contribution in [0.15, 0.2) is 0 Å². The molecule has 1 aliphatic rings. The highest BCUT2D eigenvalue weighted by molar-refractivity contribution is 5.73. The van der Waals surface area contributed by atoms with Crippen LogP contribution in [0.4, 0.5) is 0 Å². The van der Waals surface area contributed by atoms with Gasteiger partial charge in [0.15, 0.2) is 0 Å². The Kier molecular flexibility index (Phi) is 4.27. The van der Waals surface area contributed by atoms with Crippen molar-refractivity contribution in [1.29, 1.82) is 5.26 Å². The molecule has 1 rings (SSSR count). The van der Waals surface area contributed by atoms with E-state index in [1.807, 2.05) is 0 Å². The number of hydrogen-bond donors (Lipinski definition) is 1. The van der Waals surface area contributed by atoms with Crippen LogP contribution in [0.1, 0.15) is 13.8 Å². The molecule has 0 unspecified atom stereocenters. The second-order valence-electron chi connectivity index (χ2n) is 4.90. The molecule has 1 saturated heterocycles. The molecule has 5 heteroatoms. The SMILES string of the molecule is CC(C)(CN1CCN(CC#N)CC1)C(=O)O. The Bertz CT molecular complexity index is 288. The Balaban J connectivity index is 2.38. The summed E-state index contributed by atoms with van der Waals surface area (Å²) in [6, 6.07) is 2.13. The van der Waals surface area contributed by atoms with Gasteiger partial charge in [-0.15, -0.1) is 0 Å². The summed E-state index contributed by atoms with van der Waals surface area (Å²) in [6.45, 7) is 7.93. The van der Waals surface area contributed by atoms with E-state index in [4.69, 9.17) is 10.4 Å². The fourth-order valence-electron chi connectivity index (χ4n) is 1.83. The predicted octanol–water partition coefficient (Wildman–Crippen LogP) is 0.238. The van der Waals surface area contributed by atoms with E-state index in [0.29, 0.717) is 13.1 Å². The first-order valence-corrected chi connectivity index (χ1v) is 5.51. The number of rotatable bonds is 4. The minimum absolute atomic E-state index is 0.468.